The maximum atomic E-state index is 12.6. The van der Waals surface area contributed by atoms with Crippen LogP contribution in [0.1, 0.15) is 16.8 Å². The second-order valence-corrected chi connectivity index (χ2v) is 6.87. The molecule has 3 rings (SSSR count). The number of carbonyl (C=O) groups excluding carboxylic acids is 2. The smallest absolute Gasteiger partial charge is 0.340 e. The van der Waals surface area contributed by atoms with Crippen molar-refractivity contribution < 1.29 is 14.3 Å². The molecule has 1 atom stereocenters. The largest absolute Gasteiger partial charge is 0.465 e. The van der Waals surface area contributed by atoms with E-state index in [4.69, 9.17) is 4.74 Å². The monoisotopic (exact) mass is 334 g/mol. The van der Waals surface area contributed by atoms with Crippen LogP contribution in [0, 0.1) is 0 Å². The fourth-order valence-corrected chi connectivity index (χ4v) is 4.30. The summed E-state index contributed by atoms with van der Waals surface area (Å²) in [6.45, 7) is 0.617. The van der Waals surface area contributed by atoms with Gasteiger partial charge in [0.15, 0.2) is 0 Å². The van der Waals surface area contributed by atoms with Crippen molar-refractivity contribution in [1.29, 1.82) is 0 Å². The van der Waals surface area contributed by atoms with Crippen LogP contribution in [0.4, 0.5) is 5.00 Å². The Morgan fingerprint density at radius 3 is 2.91 bits per heavy atom. The highest BCUT2D eigenvalue weighted by Gasteiger charge is 2.35. The quantitative estimate of drug-likeness (QED) is 0.805. The van der Waals surface area contributed by atoms with Gasteiger partial charge in [-0.25, -0.2) is 4.79 Å². The number of thioether (sulfide) groups is 1. The van der Waals surface area contributed by atoms with E-state index in [1.54, 1.807) is 28.7 Å². The first-order chi connectivity index (χ1) is 10.7. The number of rotatable bonds is 4. The maximum absolute atomic E-state index is 12.6. The first-order valence-corrected chi connectivity index (χ1v) is 8.50. The Balaban J connectivity index is 1.77. The number of aromatic nitrogens is 1. The average Bonchev–Trinajstić information content (AvgIpc) is 3.15. The Morgan fingerprint density at radius 1 is 1.41 bits per heavy atom. The summed E-state index contributed by atoms with van der Waals surface area (Å²) in [7, 11) is 1.34. The van der Waals surface area contributed by atoms with E-state index in [9.17, 15) is 9.59 Å². The SMILES string of the molecule is COC(=O)c1ccsc1N1CC[C@@H](Sc2ccncc2)C1=O. The molecule has 114 valence electrons. The van der Waals surface area contributed by atoms with Crippen LogP contribution in [0.3, 0.4) is 0 Å². The predicted octanol–water partition coefficient (Wildman–Crippen LogP) is 2.83. The van der Waals surface area contributed by atoms with Crippen LogP contribution in [0.2, 0.25) is 0 Å². The second kappa shape index (κ2) is 6.50. The molecule has 5 nitrogen and oxygen atoms in total. The van der Waals surface area contributed by atoms with Crippen molar-refractivity contribution in [3.05, 3.63) is 41.5 Å². The molecule has 0 N–H and O–H groups in total. The van der Waals surface area contributed by atoms with Gasteiger partial charge in [0.1, 0.15) is 5.00 Å². The van der Waals surface area contributed by atoms with Crippen molar-refractivity contribution in [2.75, 3.05) is 18.6 Å². The highest BCUT2D eigenvalue weighted by atomic mass is 32.2. The number of hydrogen-bond acceptors (Lipinski definition) is 6. The Hall–Kier alpha value is -1.86. The van der Waals surface area contributed by atoms with Gasteiger partial charge in [-0.1, -0.05) is 0 Å². The minimum absolute atomic E-state index is 0.0365. The zero-order valence-electron chi connectivity index (χ0n) is 11.9. The lowest BCUT2D eigenvalue weighted by Crippen LogP contribution is -2.28. The van der Waals surface area contributed by atoms with Gasteiger partial charge in [0.25, 0.3) is 0 Å². The lowest BCUT2D eigenvalue weighted by atomic mass is 10.3. The van der Waals surface area contributed by atoms with E-state index in [0.717, 1.165) is 11.3 Å². The number of amides is 1. The predicted molar refractivity (Wildman–Crippen MR) is 86.5 cm³/mol. The zero-order chi connectivity index (χ0) is 15.5. The number of hydrogen-bond donors (Lipinski definition) is 0. The molecule has 22 heavy (non-hydrogen) atoms. The summed E-state index contributed by atoms with van der Waals surface area (Å²) >= 11 is 2.93. The standard InChI is InChI=1S/C15H14N2O3S2/c1-20-15(19)11-5-9-21-14(11)17-8-4-12(13(17)18)22-10-2-6-16-7-3-10/h2-3,5-7,9,12H,4,8H2,1H3/t12-/m1/s1. The number of anilines is 1. The summed E-state index contributed by atoms with van der Waals surface area (Å²) in [5.41, 5.74) is 0.454. The van der Waals surface area contributed by atoms with Crippen LogP contribution < -0.4 is 4.90 Å². The van der Waals surface area contributed by atoms with Crippen LogP contribution >= 0.6 is 23.1 Å². The van der Waals surface area contributed by atoms with Crippen LogP contribution in [0.15, 0.2) is 40.9 Å². The first kappa shape index (κ1) is 15.1. The number of nitrogens with zero attached hydrogens (tertiary/aromatic N) is 2. The molecule has 1 saturated heterocycles. The van der Waals surface area contributed by atoms with E-state index in [2.05, 4.69) is 4.98 Å². The molecule has 1 aliphatic heterocycles. The molecule has 0 radical (unpaired) electrons. The van der Waals surface area contributed by atoms with Crippen molar-refractivity contribution >= 4 is 40.0 Å². The van der Waals surface area contributed by atoms with Crippen LogP contribution in [-0.2, 0) is 9.53 Å². The summed E-state index contributed by atoms with van der Waals surface area (Å²) in [5, 5.41) is 2.35. The Bertz CT molecular complexity index is 687. The lowest BCUT2D eigenvalue weighted by molar-refractivity contribution is -0.116. The molecule has 1 aliphatic rings. The summed E-state index contributed by atoms with van der Waals surface area (Å²) in [6.07, 6.45) is 4.19. The average molecular weight is 334 g/mol. The third-order valence-electron chi connectivity index (χ3n) is 3.38. The number of pyridine rings is 1. The number of carbonyl (C=O) groups is 2. The van der Waals surface area contributed by atoms with Crippen LogP contribution in [0.25, 0.3) is 0 Å². The van der Waals surface area contributed by atoms with E-state index < -0.39 is 5.97 Å². The molecule has 0 unspecified atom stereocenters. The molecular formula is C15H14N2O3S2. The number of ether oxygens (including phenoxy) is 1. The van der Waals surface area contributed by atoms with Gasteiger partial charge in [0.2, 0.25) is 5.91 Å². The Kier molecular flexibility index (Phi) is 4.44. The second-order valence-electron chi connectivity index (χ2n) is 4.70. The number of thiophene rings is 1. The molecule has 3 heterocycles. The van der Waals surface area contributed by atoms with Crippen molar-refractivity contribution in [2.24, 2.45) is 0 Å². The van der Waals surface area contributed by atoms with Crippen molar-refractivity contribution in [2.45, 2.75) is 16.6 Å². The van der Waals surface area contributed by atoms with Crippen molar-refractivity contribution in [1.82, 2.24) is 4.98 Å². The molecule has 1 amide bonds. The van der Waals surface area contributed by atoms with E-state index in [-0.39, 0.29) is 11.2 Å². The molecule has 0 bridgehead atoms. The Morgan fingerprint density at radius 2 is 2.18 bits per heavy atom. The van der Waals surface area contributed by atoms with Gasteiger partial charge in [-0.3, -0.25) is 9.78 Å². The topological polar surface area (TPSA) is 59.5 Å². The van der Waals surface area contributed by atoms with Gasteiger partial charge in [-0.2, -0.15) is 0 Å². The van der Waals surface area contributed by atoms with Gasteiger partial charge < -0.3 is 9.64 Å². The van der Waals surface area contributed by atoms with E-state index in [1.165, 1.54) is 30.2 Å². The molecule has 7 heteroatoms. The van der Waals surface area contributed by atoms with Gasteiger partial charge in [-0.15, -0.1) is 23.1 Å². The Labute approximate surface area is 136 Å². The van der Waals surface area contributed by atoms with Crippen molar-refractivity contribution in [3.8, 4) is 0 Å². The molecule has 2 aromatic heterocycles. The molecule has 1 fully saturated rings. The fourth-order valence-electron chi connectivity index (χ4n) is 2.32. The first-order valence-electron chi connectivity index (χ1n) is 6.74. The number of esters is 1. The van der Waals surface area contributed by atoms with Crippen molar-refractivity contribution in [3.63, 3.8) is 0 Å². The minimum atomic E-state index is -0.408. The normalized spacial score (nSPS) is 17.8. The molecular weight excluding hydrogens is 320 g/mol. The van der Waals surface area contributed by atoms with E-state index in [0.29, 0.717) is 17.1 Å². The molecule has 0 aliphatic carbocycles. The molecule has 0 spiro atoms. The maximum Gasteiger partial charge on any atom is 0.340 e. The van der Waals surface area contributed by atoms with Crippen LogP contribution in [0.5, 0.6) is 0 Å². The molecule has 0 aromatic carbocycles. The third kappa shape index (κ3) is 2.86. The highest BCUT2D eigenvalue weighted by molar-refractivity contribution is 8.00. The minimum Gasteiger partial charge on any atom is -0.465 e. The van der Waals surface area contributed by atoms with Crippen LogP contribution in [-0.4, -0.2) is 35.8 Å². The molecule has 2 aromatic rings. The number of methoxy groups -OCH3 is 1. The summed E-state index contributed by atoms with van der Waals surface area (Å²) in [5.74, 6) is -0.372. The third-order valence-corrected chi connectivity index (χ3v) is 5.58. The van der Waals surface area contributed by atoms with Gasteiger partial charge in [-0.05, 0) is 30.0 Å². The van der Waals surface area contributed by atoms with Gasteiger partial charge in [0, 0.05) is 23.8 Å². The highest BCUT2D eigenvalue weighted by Crippen LogP contribution is 2.36. The van der Waals surface area contributed by atoms with E-state index >= 15 is 0 Å². The zero-order valence-corrected chi connectivity index (χ0v) is 13.5. The fraction of sp³-hybridized carbons (Fsp3) is 0.267. The summed E-state index contributed by atoms with van der Waals surface area (Å²) < 4.78 is 4.77. The molecule has 0 saturated carbocycles. The summed E-state index contributed by atoms with van der Waals surface area (Å²) in [4.78, 5) is 31.1. The van der Waals surface area contributed by atoms with Gasteiger partial charge in [0.05, 0.1) is 17.9 Å². The van der Waals surface area contributed by atoms with Gasteiger partial charge >= 0.3 is 5.97 Å². The lowest BCUT2D eigenvalue weighted by Gasteiger charge is -2.16. The van der Waals surface area contributed by atoms with E-state index in [1.807, 2.05) is 12.1 Å². The summed E-state index contributed by atoms with van der Waals surface area (Å²) in [6, 6.07) is 5.49.